The van der Waals surface area contributed by atoms with Crippen molar-refractivity contribution in [2.75, 3.05) is 0 Å². The predicted molar refractivity (Wildman–Crippen MR) is 77.4 cm³/mol. The highest BCUT2D eigenvalue weighted by Gasteiger charge is 2.24. The maximum atomic E-state index is 4.58. The van der Waals surface area contributed by atoms with Gasteiger partial charge in [0.15, 0.2) is 0 Å². The lowest BCUT2D eigenvalue weighted by molar-refractivity contribution is 0.573. The predicted octanol–water partition coefficient (Wildman–Crippen LogP) is 4.26. The van der Waals surface area contributed by atoms with Crippen molar-refractivity contribution in [1.29, 1.82) is 0 Å². The second-order valence-electron chi connectivity index (χ2n) is 6.22. The van der Waals surface area contributed by atoms with Crippen LogP contribution in [0.5, 0.6) is 0 Å². The first-order valence-electron chi connectivity index (χ1n) is 6.83. The fourth-order valence-electron chi connectivity index (χ4n) is 2.84. The SMILES string of the molecule is CC(C)(C)c1ncnc2sc3c(c12)CCCCC3. The second kappa shape index (κ2) is 4.30. The molecule has 0 saturated carbocycles. The van der Waals surface area contributed by atoms with Gasteiger partial charge in [0.25, 0.3) is 0 Å². The van der Waals surface area contributed by atoms with Crippen molar-refractivity contribution in [3.05, 3.63) is 22.5 Å². The zero-order valence-corrected chi connectivity index (χ0v) is 12.2. The summed E-state index contributed by atoms with van der Waals surface area (Å²) in [6.07, 6.45) is 8.20. The summed E-state index contributed by atoms with van der Waals surface area (Å²) in [6, 6.07) is 0. The number of aryl methyl sites for hydroxylation is 2. The molecule has 0 aliphatic heterocycles. The number of rotatable bonds is 0. The number of nitrogens with zero attached hydrogens (tertiary/aromatic N) is 2. The van der Waals surface area contributed by atoms with Crippen LogP contribution in [0.25, 0.3) is 10.2 Å². The van der Waals surface area contributed by atoms with Crippen LogP contribution in [0, 0.1) is 0 Å². The van der Waals surface area contributed by atoms with E-state index < -0.39 is 0 Å². The molecule has 3 rings (SSSR count). The average Bonchev–Trinajstić information content (AvgIpc) is 2.51. The first-order chi connectivity index (χ1) is 8.57. The molecule has 0 fully saturated rings. The van der Waals surface area contributed by atoms with Gasteiger partial charge < -0.3 is 0 Å². The van der Waals surface area contributed by atoms with Crippen molar-refractivity contribution in [2.45, 2.75) is 58.3 Å². The van der Waals surface area contributed by atoms with E-state index in [9.17, 15) is 0 Å². The summed E-state index contributed by atoms with van der Waals surface area (Å²) in [5.41, 5.74) is 2.88. The van der Waals surface area contributed by atoms with E-state index in [4.69, 9.17) is 0 Å². The second-order valence-corrected chi connectivity index (χ2v) is 7.30. The van der Waals surface area contributed by atoms with E-state index in [1.807, 2.05) is 11.3 Å². The molecule has 0 N–H and O–H groups in total. The average molecular weight is 260 g/mol. The highest BCUT2D eigenvalue weighted by molar-refractivity contribution is 7.18. The lowest BCUT2D eigenvalue weighted by Crippen LogP contribution is -2.14. The molecule has 2 heterocycles. The molecule has 0 amide bonds. The number of fused-ring (bicyclic) bond motifs is 3. The number of hydrogen-bond donors (Lipinski definition) is 0. The topological polar surface area (TPSA) is 25.8 Å². The fraction of sp³-hybridized carbons (Fsp3) is 0.600. The first kappa shape index (κ1) is 12.1. The summed E-state index contributed by atoms with van der Waals surface area (Å²) >= 11 is 1.89. The van der Waals surface area contributed by atoms with Crippen LogP contribution in [-0.2, 0) is 18.3 Å². The Labute approximate surface area is 112 Å². The van der Waals surface area contributed by atoms with Gasteiger partial charge in [-0.05, 0) is 31.2 Å². The monoisotopic (exact) mass is 260 g/mol. The van der Waals surface area contributed by atoms with Gasteiger partial charge in [-0.2, -0.15) is 0 Å². The van der Waals surface area contributed by atoms with Crippen LogP contribution in [0.2, 0.25) is 0 Å². The highest BCUT2D eigenvalue weighted by Crippen LogP contribution is 2.38. The van der Waals surface area contributed by atoms with Gasteiger partial charge >= 0.3 is 0 Å². The van der Waals surface area contributed by atoms with E-state index in [0.29, 0.717) is 0 Å². The molecular formula is C15H20N2S. The highest BCUT2D eigenvalue weighted by atomic mass is 32.1. The normalized spacial score (nSPS) is 16.6. The molecule has 0 unspecified atom stereocenters. The maximum Gasteiger partial charge on any atom is 0.127 e. The van der Waals surface area contributed by atoms with Crippen molar-refractivity contribution in [2.24, 2.45) is 0 Å². The van der Waals surface area contributed by atoms with E-state index >= 15 is 0 Å². The fourth-order valence-corrected chi connectivity index (χ4v) is 4.06. The Balaban J connectivity index is 2.29. The molecule has 0 atom stereocenters. The molecule has 0 radical (unpaired) electrons. The van der Waals surface area contributed by atoms with Crippen LogP contribution in [0.15, 0.2) is 6.33 Å². The number of thiophene rings is 1. The third-order valence-electron chi connectivity index (χ3n) is 3.71. The van der Waals surface area contributed by atoms with Gasteiger partial charge in [-0.25, -0.2) is 9.97 Å². The Morgan fingerprint density at radius 1 is 1.06 bits per heavy atom. The minimum atomic E-state index is 0.0995. The van der Waals surface area contributed by atoms with Crippen molar-refractivity contribution in [3.8, 4) is 0 Å². The summed E-state index contributed by atoms with van der Waals surface area (Å²) in [4.78, 5) is 11.8. The molecule has 1 aliphatic carbocycles. The molecule has 0 aromatic carbocycles. The van der Waals surface area contributed by atoms with Crippen LogP contribution in [0.4, 0.5) is 0 Å². The zero-order valence-electron chi connectivity index (χ0n) is 11.4. The smallest absolute Gasteiger partial charge is 0.127 e. The molecular weight excluding hydrogens is 240 g/mol. The van der Waals surface area contributed by atoms with E-state index in [2.05, 4.69) is 30.7 Å². The van der Waals surface area contributed by atoms with Crippen LogP contribution in [-0.4, -0.2) is 9.97 Å². The van der Waals surface area contributed by atoms with Gasteiger partial charge in [-0.3, -0.25) is 0 Å². The van der Waals surface area contributed by atoms with E-state index in [1.54, 1.807) is 16.8 Å². The Bertz CT molecular complexity index is 578. The molecule has 1 aliphatic rings. The van der Waals surface area contributed by atoms with Crippen LogP contribution in [0.3, 0.4) is 0 Å². The Kier molecular flexibility index (Phi) is 2.89. The zero-order chi connectivity index (χ0) is 12.8. The van der Waals surface area contributed by atoms with E-state index in [0.717, 1.165) is 0 Å². The van der Waals surface area contributed by atoms with Gasteiger partial charge in [0, 0.05) is 15.7 Å². The summed E-state index contributed by atoms with van der Waals surface area (Å²) in [6.45, 7) is 6.74. The van der Waals surface area contributed by atoms with Crippen molar-refractivity contribution in [3.63, 3.8) is 0 Å². The lowest BCUT2D eigenvalue weighted by atomic mass is 9.88. The molecule has 3 heteroatoms. The Morgan fingerprint density at radius 2 is 1.83 bits per heavy atom. The molecule has 0 spiro atoms. The molecule has 0 saturated heterocycles. The molecule has 0 bridgehead atoms. The summed E-state index contributed by atoms with van der Waals surface area (Å²) in [5.74, 6) is 0. The van der Waals surface area contributed by atoms with Gasteiger partial charge in [-0.1, -0.05) is 27.2 Å². The van der Waals surface area contributed by atoms with Gasteiger partial charge in [0.2, 0.25) is 0 Å². The molecule has 2 aromatic heterocycles. The van der Waals surface area contributed by atoms with Gasteiger partial charge in [-0.15, -0.1) is 11.3 Å². The Morgan fingerprint density at radius 3 is 2.61 bits per heavy atom. The van der Waals surface area contributed by atoms with Gasteiger partial charge in [0.1, 0.15) is 11.2 Å². The summed E-state index contributed by atoms with van der Waals surface area (Å²) < 4.78 is 0. The van der Waals surface area contributed by atoms with Crippen molar-refractivity contribution < 1.29 is 0 Å². The van der Waals surface area contributed by atoms with E-state index in [-0.39, 0.29) is 5.41 Å². The largest absolute Gasteiger partial charge is 0.240 e. The van der Waals surface area contributed by atoms with Crippen LogP contribution < -0.4 is 0 Å². The lowest BCUT2D eigenvalue weighted by Gasteiger charge is -2.19. The number of hydrogen-bond acceptors (Lipinski definition) is 3. The molecule has 2 aromatic rings. The molecule has 18 heavy (non-hydrogen) atoms. The maximum absolute atomic E-state index is 4.58. The summed E-state index contributed by atoms with van der Waals surface area (Å²) in [5, 5.41) is 1.37. The number of aromatic nitrogens is 2. The minimum absolute atomic E-state index is 0.0995. The van der Waals surface area contributed by atoms with E-state index in [1.165, 1.54) is 48.0 Å². The third kappa shape index (κ3) is 1.95. The quantitative estimate of drug-likeness (QED) is 0.661. The van der Waals surface area contributed by atoms with Crippen molar-refractivity contribution >= 4 is 21.6 Å². The third-order valence-corrected chi connectivity index (χ3v) is 4.91. The van der Waals surface area contributed by atoms with Crippen LogP contribution in [0.1, 0.15) is 56.2 Å². The first-order valence-corrected chi connectivity index (χ1v) is 7.65. The standard InChI is InChI=1S/C15H20N2S/c1-15(2,3)13-12-10-7-5-4-6-8-11(10)18-14(12)17-9-16-13/h9H,4-8H2,1-3H3. The Hall–Kier alpha value is -0.960. The minimum Gasteiger partial charge on any atom is -0.240 e. The summed E-state index contributed by atoms with van der Waals surface area (Å²) in [7, 11) is 0. The van der Waals surface area contributed by atoms with Crippen molar-refractivity contribution in [1.82, 2.24) is 9.97 Å². The van der Waals surface area contributed by atoms with Crippen LogP contribution >= 0.6 is 11.3 Å². The molecule has 2 nitrogen and oxygen atoms in total. The molecule has 96 valence electrons. The van der Waals surface area contributed by atoms with Gasteiger partial charge in [0.05, 0.1) is 5.69 Å².